The van der Waals surface area contributed by atoms with Crippen LogP contribution in [0.3, 0.4) is 0 Å². The minimum atomic E-state index is -4.45. The van der Waals surface area contributed by atoms with Gasteiger partial charge in [-0.25, -0.2) is 22.0 Å². The molecule has 3 aromatic rings. The Morgan fingerprint density at radius 2 is 1.68 bits per heavy atom. The van der Waals surface area contributed by atoms with Gasteiger partial charge in [0.2, 0.25) is 15.9 Å². The van der Waals surface area contributed by atoms with Gasteiger partial charge in [0.15, 0.2) is 0 Å². The molecule has 0 aliphatic heterocycles. The molecule has 7 nitrogen and oxygen atoms in total. The number of primary amides is 1. The average molecular weight is 551 g/mol. The molecule has 0 aromatic heterocycles. The maximum Gasteiger partial charge on any atom is 0.338 e. The number of halogens is 3. The predicted molar refractivity (Wildman–Crippen MR) is 134 cm³/mol. The highest BCUT2D eigenvalue weighted by atomic mass is 35.5. The second-order valence-corrected chi connectivity index (χ2v) is 10.5. The van der Waals surface area contributed by atoms with Crippen LogP contribution in [0.1, 0.15) is 47.3 Å². The minimum Gasteiger partial charge on any atom is -0.462 e. The SMILES string of the molecule is CCCCOC(=O)c1ccc(CN(C(C(N)=O)c2ccc(F)cc2F)S(=O)(=O)c2ccc(Cl)cc2)cc1. The molecule has 0 saturated carbocycles. The Balaban J connectivity index is 2.04. The fourth-order valence-electron chi connectivity index (χ4n) is 3.55. The molecule has 0 radical (unpaired) electrons. The second kappa shape index (κ2) is 12.3. The highest BCUT2D eigenvalue weighted by molar-refractivity contribution is 7.89. The first-order valence-electron chi connectivity index (χ1n) is 11.3. The average Bonchev–Trinajstić information content (AvgIpc) is 2.85. The van der Waals surface area contributed by atoms with Gasteiger partial charge in [-0.15, -0.1) is 0 Å². The summed E-state index contributed by atoms with van der Waals surface area (Å²) in [5.74, 6) is -3.74. The number of amides is 1. The van der Waals surface area contributed by atoms with Crippen LogP contribution in [0, 0.1) is 11.6 Å². The zero-order valence-corrected chi connectivity index (χ0v) is 21.4. The van der Waals surface area contributed by atoms with E-state index in [1.807, 2.05) is 6.92 Å². The first kappa shape index (κ1) is 28.2. The summed E-state index contributed by atoms with van der Waals surface area (Å²) in [6.45, 7) is 1.82. The fraction of sp³-hybridized carbons (Fsp3) is 0.231. The molecule has 0 bridgehead atoms. The van der Waals surface area contributed by atoms with Crippen molar-refractivity contribution in [3.63, 3.8) is 0 Å². The van der Waals surface area contributed by atoms with E-state index in [0.717, 1.165) is 29.3 Å². The Hall–Kier alpha value is -3.34. The van der Waals surface area contributed by atoms with E-state index in [2.05, 4.69) is 0 Å². The van der Waals surface area contributed by atoms with E-state index < -0.39 is 51.7 Å². The van der Waals surface area contributed by atoms with Crippen LogP contribution in [0.4, 0.5) is 8.78 Å². The number of unbranched alkanes of at least 4 members (excludes halogenated alkanes) is 1. The van der Waals surface area contributed by atoms with Gasteiger partial charge in [0.25, 0.3) is 0 Å². The number of sulfonamides is 1. The molecule has 37 heavy (non-hydrogen) atoms. The zero-order chi connectivity index (χ0) is 27.2. The monoisotopic (exact) mass is 550 g/mol. The number of hydrogen-bond acceptors (Lipinski definition) is 5. The highest BCUT2D eigenvalue weighted by Gasteiger charge is 2.37. The van der Waals surface area contributed by atoms with E-state index in [1.54, 1.807) is 0 Å². The van der Waals surface area contributed by atoms with Gasteiger partial charge in [0.1, 0.15) is 17.7 Å². The zero-order valence-electron chi connectivity index (χ0n) is 19.9. The Kier molecular flexibility index (Phi) is 9.36. The molecule has 1 unspecified atom stereocenters. The van der Waals surface area contributed by atoms with Gasteiger partial charge in [0, 0.05) is 23.2 Å². The lowest BCUT2D eigenvalue weighted by Crippen LogP contribution is -2.41. The molecule has 1 atom stereocenters. The van der Waals surface area contributed by atoms with Crippen molar-refractivity contribution in [3.8, 4) is 0 Å². The van der Waals surface area contributed by atoms with E-state index in [-0.39, 0.29) is 22.1 Å². The van der Waals surface area contributed by atoms with Crippen molar-refractivity contribution in [2.24, 2.45) is 5.73 Å². The number of carbonyl (C=O) groups is 2. The number of carbonyl (C=O) groups excluding carboxylic acids is 2. The third-order valence-corrected chi connectivity index (χ3v) is 7.57. The van der Waals surface area contributed by atoms with Crippen molar-refractivity contribution in [2.75, 3.05) is 6.61 Å². The Morgan fingerprint density at radius 3 is 2.24 bits per heavy atom. The van der Waals surface area contributed by atoms with Crippen LogP contribution in [0.25, 0.3) is 0 Å². The number of nitrogens with two attached hydrogens (primary N) is 1. The fourth-order valence-corrected chi connectivity index (χ4v) is 5.24. The third-order valence-electron chi connectivity index (χ3n) is 5.49. The summed E-state index contributed by atoms with van der Waals surface area (Å²) in [4.78, 5) is 24.5. The van der Waals surface area contributed by atoms with Crippen LogP contribution in [0.2, 0.25) is 5.02 Å². The van der Waals surface area contributed by atoms with E-state index in [0.29, 0.717) is 11.6 Å². The molecule has 0 spiro atoms. The summed E-state index contributed by atoms with van der Waals surface area (Å²) in [7, 11) is -4.45. The quantitative estimate of drug-likeness (QED) is 0.267. The number of hydrogen-bond donors (Lipinski definition) is 1. The maximum absolute atomic E-state index is 14.7. The summed E-state index contributed by atoms with van der Waals surface area (Å²) < 4.78 is 61.5. The van der Waals surface area contributed by atoms with Crippen LogP contribution in [-0.4, -0.2) is 31.2 Å². The minimum absolute atomic E-state index is 0.221. The maximum atomic E-state index is 14.7. The van der Waals surface area contributed by atoms with Crippen molar-refractivity contribution in [1.82, 2.24) is 4.31 Å². The van der Waals surface area contributed by atoms with Crippen LogP contribution in [0.15, 0.2) is 71.6 Å². The van der Waals surface area contributed by atoms with Crippen LogP contribution in [0.5, 0.6) is 0 Å². The van der Waals surface area contributed by atoms with Crippen molar-refractivity contribution in [2.45, 2.75) is 37.2 Å². The Labute approximate surface area is 218 Å². The van der Waals surface area contributed by atoms with Crippen LogP contribution in [-0.2, 0) is 26.1 Å². The summed E-state index contributed by atoms with van der Waals surface area (Å²) in [6.07, 6.45) is 1.58. The van der Waals surface area contributed by atoms with Gasteiger partial charge in [-0.2, -0.15) is 4.31 Å². The summed E-state index contributed by atoms with van der Waals surface area (Å²) >= 11 is 5.89. The molecule has 3 rings (SSSR count). The topological polar surface area (TPSA) is 107 Å². The molecule has 11 heteroatoms. The lowest BCUT2D eigenvalue weighted by atomic mass is 10.0. The smallest absolute Gasteiger partial charge is 0.338 e. The number of nitrogens with zero attached hydrogens (tertiary/aromatic N) is 1. The standard InChI is InChI=1S/C26H25ClF2N2O5S/c1-2-3-14-36-26(33)18-6-4-17(5-7-18)16-31(37(34,35)21-11-8-19(27)9-12-21)24(25(30)32)22-13-10-20(28)15-23(22)29/h4-13,15,24H,2-3,14,16H2,1H3,(H2,30,32). The molecule has 0 aliphatic carbocycles. The van der Waals surface area contributed by atoms with Gasteiger partial charge in [-0.05, 0) is 54.4 Å². The summed E-state index contributed by atoms with van der Waals surface area (Å²) in [5.41, 5.74) is 5.77. The second-order valence-electron chi connectivity index (χ2n) is 8.16. The van der Waals surface area contributed by atoms with E-state index in [4.69, 9.17) is 22.1 Å². The summed E-state index contributed by atoms with van der Waals surface area (Å²) in [6, 6.07) is 11.7. The molecule has 0 fully saturated rings. The summed E-state index contributed by atoms with van der Waals surface area (Å²) in [5, 5.41) is 0.281. The van der Waals surface area contributed by atoms with Gasteiger partial charge in [-0.1, -0.05) is 43.1 Å². The van der Waals surface area contributed by atoms with E-state index >= 15 is 0 Å². The van der Waals surface area contributed by atoms with Crippen molar-refractivity contribution >= 4 is 33.5 Å². The largest absolute Gasteiger partial charge is 0.462 e. The predicted octanol–water partition coefficient (Wildman–Crippen LogP) is 4.99. The van der Waals surface area contributed by atoms with Gasteiger partial charge in [-0.3, -0.25) is 4.79 Å². The van der Waals surface area contributed by atoms with Crippen LogP contribution < -0.4 is 5.73 Å². The van der Waals surface area contributed by atoms with Gasteiger partial charge >= 0.3 is 5.97 Å². The van der Waals surface area contributed by atoms with E-state index in [1.165, 1.54) is 48.5 Å². The molecular weight excluding hydrogens is 526 g/mol. The van der Waals surface area contributed by atoms with Crippen molar-refractivity contribution < 1.29 is 31.5 Å². The highest BCUT2D eigenvalue weighted by Crippen LogP contribution is 2.32. The number of esters is 1. The van der Waals surface area contributed by atoms with E-state index in [9.17, 15) is 26.8 Å². The molecule has 2 N–H and O–H groups in total. The molecule has 196 valence electrons. The number of ether oxygens (including phenoxy) is 1. The molecule has 0 heterocycles. The first-order chi connectivity index (χ1) is 17.5. The molecule has 0 aliphatic rings. The molecule has 3 aromatic carbocycles. The normalized spacial score (nSPS) is 12.4. The first-order valence-corrected chi connectivity index (χ1v) is 13.1. The van der Waals surface area contributed by atoms with Crippen molar-refractivity contribution in [3.05, 3.63) is 100 Å². The van der Waals surface area contributed by atoms with Gasteiger partial charge in [0.05, 0.1) is 17.1 Å². The lowest BCUT2D eigenvalue weighted by molar-refractivity contribution is -0.122. The Morgan fingerprint density at radius 1 is 1.03 bits per heavy atom. The molecular formula is C26H25ClF2N2O5S. The third kappa shape index (κ3) is 6.91. The molecule has 0 saturated heterocycles. The molecule has 1 amide bonds. The van der Waals surface area contributed by atoms with Crippen molar-refractivity contribution in [1.29, 1.82) is 0 Å². The van der Waals surface area contributed by atoms with Gasteiger partial charge < -0.3 is 10.5 Å². The number of benzene rings is 3. The Bertz CT molecular complexity index is 1370. The lowest BCUT2D eigenvalue weighted by Gasteiger charge is -2.29. The number of rotatable bonds is 11. The van der Waals surface area contributed by atoms with Crippen LogP contribution >= 0.6 is 11.6 Å².